The minimum absolute atomic E-state index is 0. The van der Waals surface area contributed by atoms with Gasteiger partial charge in [-0.2, -0.15) is 0 Å². The summed E-state index contributed by atoms with van der Waals surface area (Å²) >= 11 is 0. The summed E-state index contributed by atoms with van der Waals surface area (Å²) in [4.78, 5) is 2.10. The van der Waals surface area contributed by atoms with Crippen LogP contribution < -0.4 is 28.9 Å². The number of allylic oxidation sites excluding steroid dienone is 9. The zero-order valence-electron chi connectivity index (χ0n) is 16.0. The highest BCUT2D eigenvalue weighted by atomic mass is 127. The number of hydrogen-bond acceptors (Lipinski definition) is 2. The Morgan fingerprint density at radius 3 is 2.04 bits per heavy atom. The largest absolute Gasteiger partial charge is 1.00 e. The third-order valence-corrected chi connectivity index (χ3v) is 4.30. The molecule has 4 heteroatoms. The van der Waals surface area contributed by atoms with Crippen LogP contribution in [0, 0.1) is 0 Å². The van der Waals surface area contributed by atoms with Crippen molar-refractivity contribution in [1.29, 1.82) is 0 Å². The van der Waals surface area contributed by atoms with Crippen molar-refractivity contribution in [2.45, 2.75) is 6.92 Å². The number of anilines is 1. The summed E-state index contributed by atoms with van der Waals surface area (Å²) < 4.78 is 8.06. The van der Waals surface area contributed by atoms with Crippen LogP contribution >= 0.6 is 0 Å². The summed E-state index contributed by atoms with van der Waals surface area (Å²) in [7, 11) is 8.19. The molecule has 0 saturated carbocycles. The summed E-state index contributed by atoms with van der Waals surface area (Å²) in [5.74, 6) is 1.79. The predicted molar refractivity (Wildman–Crippen MR) is 106 cm³/mol. The minimum atomic E-state index is 0. The molecule has 3 nitrogen and oxygen atoms in total. The molecule has 0 saturated heterocycles. The van der Waals surface area contributed by atoms with E-state index in [4.69, 9.17) is 4.74 Å². The number of hydrogen-bond donors (Lipinski definition) is 0. The smallest absolute Gasteiger partial charge is 0.199 e. The van der Waals surface area contributed by atoms with Crippen molar-refractivity contribution in [1.82, 2.24) is 0 Å². The van der Waals surface area contributed by atoms with Crippen molar-refractivity contribution in [3.8, 4) is 0 Å². The van der Waals surface area contributed by atoms with Gasteiger partial charge in [0.2, 0.25) is 0 Å². The van der Waals surface area contributed by atoms with Gasteiger partial charge in [0.1, 0.15) is 25.6 Å². The van der Waals surface area contributed by atoms with Crippen LogP contribution in [0.15, 0.2) is 77.8 Å². The maximum atomic E-state index is 5.97. The molecule has 0 aromatic heterocycles. The molecule has 0 fully saturated rings. The normalized spacial score (nSPS) is 15.8. The molecule has 1 aromatic rings. The highest BCUT2D eigenvalue weighted by Crippen LogP contribution is 2.30. The second-order valence-corrected chi connectivity index (χ2v) is 6.70. The van der Waals surface area contributed by atoms with Gasteiger partial charge in [-0.25, -0.2) is 4.58 Å². The molecule has 1 aliphatic carbocycles. The van der Waals surface area contributed by atoms with Crippen LogP contribution in [-0.4, -0.2) is 38.5 Å². The van der Waals surface area contributed by atoms with Crippen molar-refractivity contribution in [3.63, 3.8) is 0 Å². The van der Waals surface area contributed by atoms with Crippen LogP contribution in [0.1, 0.15) is 12.5 Å². The highest BCUT2D eigenvalue weighted by molar-refractivity contribution is 6.02. The zero-order valence-corrected chi connectivity index (χ0v) is 18.1. The molecule has 0 amide bonds. The molecule has 0 spiro atoms. The van der Waals surface area contributed by atoms with Crippen LogP contribution in [0.25, 0.3) is 5.57 Å². The standard InChI is InChI=1S/C22H25N2O.HI/c1-16-14-19(17-6-10-20(11-7-17)23(2)3)15-22(25-16)18-8-12-21(13-9-18)24(4)5;/h6-15H,1-5H3;1H/q+1;/p-1. The van der Waals surface area contributed by atoms with Crippen LogP contribution in [0.3, 0.4) is 0 Å². The summed E-state index contributed by atoms with van der Waals surface area (Å²) in [6, 6.07) is 8.59. The third kappa shape index (κ3) is 4.55. The Kier molecular flexibility index (Phi) is 6.64. The molecule has 1 aromatic carbocycles. The van der Waals surface area contributed by atoms with Crippen LogP contribution in [0.4, 0.5) is 5.69 Å². The van der Waals surface area contributed by atoms with Gasteiger partial charge in [0, 0.05) is 37.5 Å². The molecule has 1 heterocycles. The molecule has 136 valence electrons. The molecule has 0 N–H and O–H groups in total. The maximum Gasteiger partial charge on any atom is 0.199 e. The predicted octanol–water partition coefficient (Wildman–Crippen LogP) is 1.17. The Hall–Kier alpha value is -2.08. The molecule has 1 aliphatic heterocycles. The van der Waals surface area contributed by atoms with Crippen molar-refractivity contribution < 1.29 is 33.3 Å². The Labute approximate surface area is 173 Å². The number of benzene rings is 1. The Bertz CT molecular complexity index is 844. The second-order valence-electron chi connectivity index (χ2n) is 6.70. The minimum Gasteiger partial charge on any atom is -1.00 e. The van der Waals surface area contributed by atoms with Crippen molar-refractivity contribution in [3.05, 3.63) is 83.4 Å². The van der Waals surface area contributed by atoms with Gasteiger partial charge in [0.25, 0.3) is 0 Å². The fourth-order valence-electron chi connectivity index (χ4n) is 2.82. The van der Waals surface area contributed by atoms with Crippen LogP contribution in [-0.2, 0) is 4.74 Å². The van der Waals surface area contributed by atoms with E-state index >= 15 is 0 Å². The molecule has 0 bridgehead atoms. The molecule has 3 rings (SSSR count). The fourth-order valence-corrected chi connectivity index (χ4v) is 2.82. The molecule has 0 radical (unpaired) electrons. The molecule has 26 heavy (non-hydrogen) atoms. The topological polar surface area (TPSA) is 15.5 Å². The van der Waals surface area contributed by atoms with Gasteiger partial charge >= 0.3 is 0 Å². The van der Waals surface area contributed by atoms with Crippen LogP contribution in [0.5, 0.6) is 0 Å². The third-order valence-electron chi connectivity index (χ3n) is 4.30. The average Bonchev–Trinajstić information content (AvgIpc) is 2.61. The summed E-state index contributed by atoms with van der Waals surface area (Å²) in [5, 5.41) is 0. The van der Waals surface area contributed by atoms with Gasteiger partial charge in [-0.05, 0) is 54.5 Å². The first kappa shape index (κ1) is 20.2. The van der Waals surface area contributed by atoms with E-state index < -0.39 is 0 Å². The van der Waals surface area contributed by atoms with E-state index in [0.717, 1.165) is 17.1 Å². The van der Waals surface area contributed by atoms with Gasteiger partial charge in [-0.1, -0.05) is 12.1 Å². The molecule has 0 atom stereocenters. The molecular weight excluding hydrogens is 435 g/mol. The first-order valence-electron chi connectivity index (χ1n) is 8.44. The Balaban J connectivity index is 0.00000243. The van der Waals surface area contributed by atoms with Gasteiger partial charge in [0.05, 0.1) is 0 Å². The van der Waals surface area contributed by atoms with Crippen molar-refractivity contribution in [2.24, 2.45) is 0 Å². The van der Waals surface area contributed by atoms with Crippen molar-refractivity contribution in [2.75, 3.05) is 33.1 Å². The van der Waals surface area contributed by atoms with Gasteiger partial charge in [-0.3, -0.25) is 0 Å². The van der Waals surface area contributed by atoms with E-state index in [1.807, 2.05) is 21.0 Å². The van der Waals surface area contributed by atoms with Gasteiger partial charge in [0.15, 0.2) is 5.71 Å². The van der Waals surface area contributed by atoms with E-state index in [1.165, 1.54) is 22.5 Å². The monoisotopic (exact) mass is 460 g/mol. The quantitative estimate of drug-likeness (QED) is 0.487. The summed E-state index contributed by atoms with van der Waals surface area (Å²) in [5.41, 5.74) is 5.81. The number of halogens is 1. The maximum absolute atomic E-state index is 5.97. The van der Waals surface area contributed by atoms with Gasteiger partial charge in [-0.15, -0.1) is 0 Å². The lowest BCUT2D eigenvalue weighted by atomic mass is 9.99. The highest BCUT2D eigenvalue weighted by Gasteiger charge is 2.14. The molecular formula is C22H25IN2O. The van der Waals surface area contributed by atoms with E-state index in [9.17, 15) is 0 Å². The summed E-state index contributed by atoms with van der Waals surface area (Å²) in [6.07, 6.45) is 12.6. The fraction of sp³-hybridized carbons (Fsp3) is 0.227. The lowest BCUT2D eigenvalue weighted by Gasteiger charge is -2.18. The lowest BCUT2D eigenvalue weighted by Crippen LogP contribution is -3.00. The lowest BCUT2D eigenvalue weighted by molar-refractivity contribution is -0.462. The average molecular weight is 460 g/mol. The first-order valence-corrected chi connectivity index (χ1v) is 8.44. The molecule has 2 aliphatic rings. The van der Waals surface area contributed by atoms with Crippen molar-refractivity contribution >= 4 is 17.0 Å². The van der Waals surface area contributed by atoms with E-state index in [0.29, 0.717) is 0 Å². The molecule has 0 unspecified atom stereocenters. The second kappa shape index (κ2) is 8.54. The SMILES string of the molecule is CC1=CC(c2ccc(N(C)C)cc2)=CC(=C2C=CC(=[N+](C)C)C=C2)O1.[I-]. The zero-order chi connectivity index (χ0) is 18.0. The van der Waals surface area contributed by atoms with E-state index in [-0.39, 0.29) is 24.0 Å². The van der Waals surface area contributed by atoms with E-state index in [1.54, 1.807) is 0 Å². The number of rotatable bonds is 2. The first-order chi connectivity index (χ1) is 11.9. The van der Waals surface area contributed by atoms with Crippen LogP contribution in [0.2, 0.25) is 0 Å². The Morgan fingerprint density at radius 1 is 0.885 bits per heavy atom. The van der Waals surface area contributed by atoms with E-state index in [2.05, 4.69) is 84.3 Å². The number of ether oxygens (including phenoxy) is 1. The van der Waals surface area contributed by atoms with Gasteiger partial charge < -0.3 is 33.6 Å². The Morgan fingerprint density at radius 2 is 1.50 bits per heavy atom. The number of nitrogens with zero attached hydrogens (tertiary/aromatic N) is 2. The summed E-state index contributed by atoms with van der Waals surface area (Å²) in [6.45, 7) is 2.00.